The Morgan fingerprint density at radius 2 is 1.89 bits per heavy atom. The minimum Gasteiger partial charge on any atom is -0.493 e. The Morgan fingerprint density at radius 3 is 2.56 bits per heavy atom. The minimum atomic E-state index is -0.212. The number of nitrogens with one attached hydrogen (secondary N) is 1. The molecule has 0 fully saturated rings. The van der Waals surface area contributed by atoms with Crippen LogP contribution in [-0.2, 0) is 6.54 Å². The van der Waals surface area contributed by atoms with Crippen molar-refractivity contribution in [3.05, 3.63) is 66.0 Å². The summed E-state index contributed by atoms with van der Waals surface area (Å²) in [6.45, 7) is 0.313. The molecule has 0 aliphatic rings. The van der Waals surface area contributed by atoms with Crippen LogP contribution < -0.4 is 14.8 Å². The van der Waals surface area contributed by atoms with Gasteiger partial charge >= 0.3 is 0 Å². The molecule has 3 aromatic rings. The molecule has 6 nitrogen and oxygen atoms in total. The van der Waals surface area contributed by atoms with Crippen molar-refractivity contribution in [3.8, 4) is 17.2 Å². The lowest BCUT2D eigenvalue weighted by atomic mass is 10.2. The summed E-state index contributed by atoms with van der Waals surface area (Å²) >= 11 is 1.49. The number of benzene rings is 2. The number of amides is 1. The van der Waals surface area contributed by atoms with Gasteiger partial charge in [0.05, 0.1) is 20.4 Å². The highest BCUT2D eigenvalue weighted by Gasteiger charge is 2.18. The monoisotopic (exact) mass is 383 g/mol. The summed E-state index contributed by atoms with van der Waals surface area (Å²) in [7, 11) is 3.17. The second kappa shape index (κ2) is 8.64. The quantitative estimate of drug-likeness (QED) is 0.632. The molecule has 27 heavy (non-hydrogen) atoms. The highest BCUT2D eigenvalue weighted by molar-refractivity contribution is 7.98. The number of methoxy groups -OCH3 is 2. The molecule has 0 unspecified atom stereocenters. The van der Waals surface area contributed by atoms with Gasteiger partial charge in [-0.05, 0) is 24.5 Å². The third kappa shape index (κ3) is 3.93. The lowest BCUT2D eigenvalue weighted by molar-refractivity contribution is 0.0943. The van der Waals surface area contributed by atoms with E-state index in [9.17, 15) is 4.79 Å². The molecule has 1 heterocycles. The number of ether oxygens (including phenoxy) is 2. The van der Waals surface area contributed by atoms with Crippen LogP contribution in [-0.4, -0.2) is 35.9 Å². The van der Waals surface area contributed by atoms with E-state index in [1.165, 1.54) is 11.8 Å². The van der Waals surface area contributed by atoms with Gasteiger partial charge in [0.2, 0.25) is 0 Å². The van der Waals surface area contributed by atoms with Crippen molar-refractivity contribution in [2.24, 2.45) is 0 Å². The van der Waals surface area contributed by atoms with Crippen LogP contribution in [0.1, 0.15) is 16.1 Å². The van der Waals surface area contributed by atoms with Crippen LogP contribution in [0.2, 0.25) is 0 Å². The number of nitrogens with zero attached hydrogens (tertiary/aromatic N) is 2. The predicted octanol–water partition coefficient (Wildman–Crippen LogP) is 3.54. The van der Waals surface area contributed by atoms with Gasteiger partial charge in [-0.15, -0.1) is 0 Å². The van der Waals surface area contributed by atoms with Crippen molar-refractivity contribution in [3.63, 3.8) is 0 Å². The largest absolute Gasteiger partial charge is 0.493 e. The molecule has 3 rings (SSSR count). The number of imidazole rings is 1. The summed E-state index contributed by atoms with van der Waals surface area (Å²) in [6.07, 6.45) is 3.53. The Morgan fingerprint density at radius 1 is 1.11 bits per heavy atom. The normalized spacial score (nSPS) is 10.5. The number of aromatic nitrogens is 2. The number of carbonyl (C=O) groups excluding carboxylic acids is 1. The van der Waals surface area contributed by atoms with E-state index in [1.807, 2.05) is 59.4 Å². The Bertz CT molecular complexity index is 925. The molecular formula is C20H21N3O3S. The summed E-state index contributed by atoms with van der Waals surface area (Å²) in [6, 6.07) is 15.3. The Balaban J connectivity index is 1.85. The zero-order chi connectivity index (χ0) is 19.2. The standard InChI is InChI=1S/C20H21N3O3S/c1-25-17-11-7-8-14(18(17)26-2)12-21-19(24)16-13-22-20(27-3)23(16)15-9-5-4-6-10-15/h4-11,13H,12H2,1-3H3,(H,21,24). The van der Waals surface area contributed by atoms with Crippen LogP contribution in [0.15, 0.2) is 59.9 Å². The topological polar surface area (TPSA) is 65.4 Å². The molecule has 0 aliphatic heterocycles. The van der Waals surface area contributed by atoms with Crippen molar-refractivity contribution in [1.82, 2.24) is 14.9 Å². The zero-order valence-electron chi connectivity index (χ0n) is 15.4. The van der Waals surface area contributed by atoms with E-state index in [2.05, 4.69) is 10.3 Å². The van der Waals surface area contributed by atoms with Gasteiger partial charge in [0.25, 0.3) is 5.91 Å². The van der Waals surface area contributed by atoms with E-state index in [0.717, 1.165) is 16.4 Å². The van der Waals surface area contributed by atoms with Gasteiger partial charge in [0.1, 0.15) is 5.69 Å². The molecule has 1 aromatic heterocycles. The van der Waals surface area contributed by atoms with Gasteiger partial charge < -0.3 is 14.8 Å². The van der Waals surface area contributed by atoms with Crippen LogP contribution in [0.4, 0.5) is 0 Å². The molecule has 0 radical (unpaired) electrons. The third-order valence-electron chi connectivity index (χ3n) is 4.08. The SMILES string of the molecule is COc1cccc(CNC(=O)c2cnc(SC)n2-c2ccccc2)c1OC. The maximum absolute atomic E-state index is 12.8. The van der Waals surface area contributed by atoms with E-state index >= 15 is 0 Å². The number of para-hydroxylation sites is 2. The van der Waals surface area contributed by atoms with Gasteiger partial charge in [-0.25, -0.2) is 4.98 Å². The fourth-order valence-corrected chi connectivity index (χ4v) is 3.37. The van der Waals surface area contributed by atoms with E-state index < -0.39 is 0 Å². The Labute approximate surface area is 162 Å². The summed E-state index contributed by atoms with van der Waals surface area (Å²) in [4.78, 5) is 17.2. The molecule has 0 aliphatic carbocycles. The highest BCUT2D eigenvalue weighted by Crippen LogP contribution is 2.30. The second-order valence-electron chi connectivity index (χ2n) is 5.64. The van der Waals surface area contributed by atoms with Crippen molar-refractivity contribution >= 4 is 17.7 Å². The van der Waals surface area contributed by atoms with Gasteiger partial charge in [-0.1, -0.05) is 42.1 Å². The lowest BCUT2D eigenvalue weighted by Gasteiger charge is -2.14. The molecule has 1 N–H and O–H groups in total. The minimum absolute atomic E-state index is 0.212. The fourth-order valence-electron chi connectivity index (χ4n) is 2.82. The average molecular weight is 383 g/mol. The number of rotatable bonds is 7. The van der Waals surface area contributed by atoms with E-state index in [0.29, 0.717) is 23.7 Å². The maximum Gasteiger partial charge on any atom is 0.270 e. The van der Waals surface area contributed by atoms with Crippen molar-refractivity contribution in [2.75, 3.05) is 20.5 Å². The molecule has 0 saturated heterocycles. The summed E-state index contributed by atoms with van der Waals surface area (Å²) < 4.78 is 12.6. The third-order valence-corrected chi connectivity index (χ3v) is 4.74. The molecule has 0 saturated carbocycles. The van der Waals surface area contributed by atoms with Gasteiger partial charge in [0.15, 0.2) is 16.7 Å². The smallest absolute Gasteiger partial charge is 0.270 e. The predicted molar refractivity (Wildman–Crippen MR) is 106 cm³/mol. The average Bonchev–Trinajstić information content (AvgIpc) is 3.16. The molecule has 0 atom stereocenters. The first kappa shape index (κ1) is 18.8. The van der Waals surface area contributed by atoms with Crippen LogP contribution in [0, 0.1) is 0 Å². The van der Waals surface area contributed by atoms with Crippen LogP contribution in [0.5, 0.6) is 11.5 Å². The van der Waals surface area contributed by atoms with Gasteiger partial charge in [-0.3, -0.25) is 9.36 Å². The summed E-state index contributed by atoms with van der Waals surface area (Å²) in [5, 5.41) is 3.70. The van der Waals surface area contributed by atoms with Gasteiger partial charge in [-0.2, -0.15) is 0 Å². The number of hydrogen-bond acceptors (Lipinski definition) is 5. The zero-order valence-corrected chi connectivity index (χ0v) is 16.2. The van der Waals surface area contributed by atoms with E-state index in [1.54, 1.807) is 20.4 Å². The molecule has 0 bridgehead atoms. The van der Waals surface area contributed by atoms with Gasteiger partial charge in [0, 0.05) is 17.8 Å². The van der Waals surface area contributed by atoms with E-state index in [4.69, 9.17) is 9.47 Å². The lowest BCUT2D eigenvalue weighted by Crippen LogP contribution is -2.25. The number of carbonyl (C=O) groups is 1. The molecular weight excluding hydrogens is 362 g/mol. The number of thioether (sulfide) groups is 1. The first-order valence-electron chi connectivity index (χ1n) is 8.34. The fraction of sp³-hybridized carbons (Fsp3) is 0.200. The summed E-state index contributed by atoms with van der Waals surface area (Å²) in [5.74, 6) is 1.03. The van der Waals surface area contributed by atoms with Crippen LogP contribution >= 0.6 is 11.8 Å². The van der Waals surface area contributed by atoms with Crippen LogP contribution in [0.25, 0.3) is 5.69 Å². The maximum atomic E-state index is 12.8. The van der Waals surface area contributed by atoms with Crippen molar-refractivity contribution < 1.29 is 14.3 Å². The molecule has 140 valence electrons. The Hall–Kier alpha value is -2.93. The molecule has 0 spiro atoms. The first-order valence-corrected chi connectivity index (χ1v) is 9.57. The van der Waals surface area contributed by atoms with Crippen molar-refractivity contribution in [1.29, 1.82) is 0 Å². The summed E-state index contributed by atoms with van der Waals surface area (Å²) in [5.41, 5.74) is 2.21. The second-order valence-corrected chi connectivity index (χ2v) is 6.41. The van der Waals surface area contributed by atoms with E-state index in [-0.39, 0.29) is 5.91 Å². The first-order chi connectivity index (χ1) is 13.2. The highest BCUT2D eigenvalue weighted by atomic mass is 32.2. The molecule has 7 heteroatoms. The van der Waals surface area contributed by atoms with Crippen LogP contribution in [0.3, 0.4) is 0 Å². The number of hydrogen-bond donors (Lipinski definition) is 1. The molecule has 2 aromatic carbocycles. The van der Waals surface area contributed by atoms with Crippen molar-refractivity contribution in [2.45, 2.75) is 11.7 Å². The Kier molecular flexibility index (Phi) is 6.03. The molecule has 1 amide bonds.